The Bertz CT molecular complexity index is 1230. The monoisotopic (exact) mass is 456 g/mol. The van der Waals surface area contributed by atoms with Gasteiger partial charge in [0.25, 0.3) is 0 Å². The van der Waals surface area contributed by atoms with Gasteiger partial charge in [0.05, 0.1) is 29.5 Å². The summed E-state index contributed by atoms with van der Waals surface area (Å²) in [5.41, 5.74) is -0.404. The quantitative estimate of drug-likeness (QED) is 0.452. The number of hydrogen-bond acceptors (Lipinski definition) is 5. The standard InChI is InChI=1S/C22H19ClF2N6O/c1-15(31-11-16(9-28-31)2-5-19-6-3-17(23)10-27-19)22(32,12-30-14-26-13-29-30)20-7-4-18(24)8-21(20)25/h2-11,13-15,32H,12H2,1H3. The summed E-state index contributed by atoms with van der Waals surface area (Å²) in [4.78, 5) is 8.07. The summed E-state index contributed by atoms with van der Waals surface area (Å²) in [5.74, 6) is -1.59. The molecule has 3 aromatic heterocycles. The molecule has 10 heteroatoms. The van der Waals surface area contributed by atoms with Crippen LogP contribution in [0.1, 0.15) is 29.8 Å². The molecule has 7 nitrogen and oxygen atoms in total. The molecular weight excluding hydrogens is 438 g/mol. The molecule has 0 spiro atoms. The highest BCUT2D eigenvalue weighted by Gasteiger charge is 2.40. The van der Waals surface area contributed by atoms with Gasteiger partial charge in [-0.3, -0.25) is 9.67 Å². The smallest absolute Gasteiger partial charge is 0.137 e. The minimum atomic E-state index is -1.80. The van der Waals surface area contributed by atoms with Crippen molar-refractivity contribution in [1.82, 2.24) is 29.5 Å². The van der Waals surface area contributed by atoms with Crippen LogP contribution < -0.4 is 0 Å². The average molecular weight is 457 g/mol. The molecule has 0 aliphatic rings. The molecule has 2 atom stereocenters. The van der Waals surface area contributed by atoms with Crippen LogP contribution in [0.25, 0.3) is 12.2 Å². The lowest BCUT2D eigenvalue weighted by Crippen LogP contribution is -2.40. The maximum Gasteiger partial charge on any atom is 0.137 e. The molecule has 0 aliphatic heterocycles. The first-order valence-electron chi connectivity index (χ1n) is 9.69. The third-order valence-corrected chi connectivity index (χ3v) is 5.40. The van der Waals surface area contributed by atoms with Gasteiger partial charge in [-0.15, -0.1) is 0 Å². The van der Waals surface area contributed by atoms with Gasteiger partial charge in [0.1, 0.15) is 29.9 Å². The van der Waals surface area contributed by atoms with Gasteiger partial charge in [0.2, 0.25) is 0 Å². The average Bonchev–Trinajstić information content (AvgIpc) is 3.44. The first kappa shape index (κ1) is 21.8. The van der Waals surface area contributed by atoms with Crippen LogP contribution in [-0.4, -0.2) is 34.6 Å². The Morgan fingerprint density at radius 2 is 2.00 bits per heavy atom. The Balaban J connectivity index is 1.65. The van der Waals surface area contributed by atoms with Gasteiger partial charge in [0.15, 0.2) is 0 Å². The molecule has 1 N–H and O–H groups in total. The SMILES string of the molecule is CC(n1cc(C=Cc2ccc(Cl)cn2)cn1)C(O)(Cn1cncn1)c1ccc(F)cc1F. The van der Waals surface area contributed by atoms with Crippen LogP contribution >= 0.6 is 11.6 Å². The van der Waals surface area contributed by atoms with E-state index in [1.165, 1.54) is 28.1 Å². The lowest BCUT2D eigenvalue weighted by atomic mass is 9.86. The van der Waals surface area contributed by atoms with E-state index in [2.05, 4.69) is 20.2 Å². The summed E-state index contributed by atoms with van der Waals surface area (Å²) in [6, 6.07) is 5.86. The molecule has 0 amide bonds. The fourth-order valence-corrected chi connectivity index (χ4v) is 3.49. The topological polar surface area (TPSA) is 81.6 Å². The minimum absolute atomic E-state index is 0.0696. The molecule has 3 heterocycles. The van der Waals surface area contributed by atoms with Gasteiger partial charge >= 0.3 is 0 Å². The predicted molar refractivity (Wildman–Crippen MR) is 115 cm³/mol. The Labute approximate surface area is 187 Å². The summed E-state index contributed by atoms with van der Waals surface area (Å²) >= 11 is 5.85. The number of rotatable bonds is 7. The molecule has 164 valence electrons. The van der Waals surface area contributed by atoms with Gasteiger partial charge in [-0.05, 0) is 37.3 Å². The molecule has 2 unspecified atom stereocenters. The van der Waals surface area contributed by atoms with Gasteiger partial charge in [-0.2, -0.15) is 10.2 Å². The molecule has 0 aliphatic carbocycles. The van der Waals surface area contributed by atoms with E-state index in [4.69, 9.17) is 11.6 Å². The van der Waals surface area contributed by atoms with Gasteiger partial charge in [0, 0.05) is 29.6 Å². The first-order chi connectivity index (χ1) is 15.3. The number of nitrogens with zero attached hydrogens (tertiary/aromatic N) is 6. The lowest BCUT2D eigenvalue weighted by Gasteiger charge is -2.34. The van der Waals surface area contributed by atoms with Crippen LogP contribution in [0.15, 0.2) is 61.6 Å². The Hall–Kier alpha value is -3.43. The molecule has 0 fully saturated rings. The number of aromatic nitrogens is 6. The van der Waals surface area contributed by atoms with Crippen LogP contribution in [0.4, 0.5) is 8.78 Å². The third kappa shape index (κ3) is 4.58. The van der Waals surface area contributed by atoms with Gasteiger partial charge in [-0.1, -0.05) is 17.7 Å². The van der Waals surface area contributed by atoms with Crippen molar-refractivity contribution in [3.05, 3.63) is 95.1 Å². The number of hydrogen-bond donors (Lipinski definition) is 1. The molecular formula is C22H19ClF2N6O. The third-order valence-electron chi connectivity index (χ3n) is 5.17. The molecule has 4 rings (SSSR count). The zero-order chi connectivity index (χ0) is 22.7. The second-order valence-corrected chi connectivity index (χ2v) is 7.74. The fourth-order valence-electron chi connectivity index (χ4n) is 3.38. The van der Waals surface area contributed by atoms with Crippen LogP contribution in [0.2, 0.25) is 5.02 Å². The van der Waals surface area contributed by atoms with Gasteiger partial charge < -0.3 is 5.11 Å². The van der Waals surface area contributed by atoms with Crippen molar-refractivity contribution in [2.75, 3.05) is 0 Å². The second-order valence-electron chi connectivity index (χ2n) is 7.31. The van der Waals surface area contributed by atoms with Crippen molar-refractivity contribution in [3.8, 4) is 0 Å². The van der Waals surface area contributed by atoms with E-state index in [-0.39, 0.29) is 12.1 Å². The minimum Gasteiger partial charge on any atom is -0.381 e. The van der Waals surface area contributed by atoms with E-state index in [1.807, 2.05) is 0 Å². The predicted octanol–water partition coefficient (Wildman–Crippen LogP) is 4.12. The number of halogens is 3. The van der Waals surface area contributed by atoms with Crippen molar-refractivity contribution >= 4 is 23.8 Å². The highest BCUT2D eigenvalue weighted by Crippen LogP contribution is 2.36. The zero-order valence-electron chi connectivity index (χ0n) is 17.0. The van der Waals surface area contributed by atoms with E-state index < -0.39 is 23.3 Å². The summed E-state index contributed by atoms with van der Waals surface area (Å²) < 4.78 is 31.1. The lowest BCUT2D eigenvalue weighted by molar-refractivity contribution is -0.0369. The molecule has 0 saturated heterocycles. The maximum atomic E-state index is 14.7. The second kappa shape index (κ2) is 8.97. The summed E-state index contributed by atoms with van der Waals surface area (Å²) in [7, 11) is 0. The number of benzene rings is 1. The molecule has 0 saturated carbocycles. The van der Waals surface area contributed by atoms with Crippen molar-refractivity contribution in [3.63, 3.8) is 0 Å². The van der Waals surface area contributed by atoms with Crippen LogP contribution in [0, 0.1) is 11.6 Å². The van der Waals surface area contributed by atoms with Crippen LogP contribution in [0.3, 0.4) is 0 Å². The largest absolute Gasteiger partial charge is 0.381 e. The Morgan fingerprint density at radius 3 is 2.69 bits per heavy atom. The number of pyridine rings is 1. The van der Waals surface area contributed by atoms with Crippen molar-refractivity contribution in [2.24, 2.45) is 0 Å². The van der Waals surface area contributed by atoms with E-state index in [0.717, 1.165) is 17.7 Å². The zero-order valence-corrected chi connectivity index (χ0v) is 17.7. The highest BCUT2D eigenvalue weighted by molar-refractivity contribution is 6.30. The van der Waals surface area contributed by atoms with Crippen molar-refractivity contribution < 1.29 is 13.9 Å². The van der Waals surface area contributed by atoms with Crippen molar-refractivity contribution in [2.45, 2.75) is 25.1 Å². The molecule has 32 heavy (non-hydrogen) atoms. The Kier molecular flexibility index (Phi) is 6.11. The first-order valence-corrected chi connectivity index (χ1v) is 10.1. The van der Waals surface area contributed by atoms with E-state index in [1.54, 1.807) is 49.8 Å². The van der Waals surface area contributed by atoms with E-state index in [0.29, 0.717) is 10.7 Å². The normalized spacial score (nSPS) is 14.5. The highest BCUT2D eigenvalue weighted by atomic mass is 35.5. The molecule has 4 aromatic rings. The number of aliphatic hydroxyl groups is 1. The molecule has 0 bridgehead atoms. The summed E-state index contributed by atoms with van der Waals surface area (Å²) in [5, 5.41) is 20.5. The summed E-state index contributed by atoms with van der Waals surface area (Å²) in [6.07, 6.45) is 11.2. The summed E-state index contributed by atoms with van der Waals surface area (Å²) in [6.45, 7) is 1.58. The van der Waals surface area contributed by atoms with Crippen molar-refractivity contribution in [1.29, 1.82) is 0 Å². The molecule has 0 radical (unpaired) electrons. The fraction of sp³-hybridized carbons (Fsp3) is 0.182. The maximum absolute atomic E-state index is 14.7. The van der Waals surface area contributed by atoms with E-state index in [9.17, 15) is 13.9 Å². The Morgan fingerprint density at radius 1 is 1.16 bits per heavy atom. The van der Waals surface area contributed by atoms with Crippen LogP contribution in [0.5, 0.6) is 0 Å². The van der Waals surface area contributed by atoms with E-state index >= 15 is 0 Å². The van der Waals surface area contributed by atoms with Crippen LogP contribution in [-0.2, 0) is 12.1 Å². The molecule has 1 aromatic carbocycles. The van der Waals surface area contributed by atoms with Gasteiger partial charge in [-0.25, -0.2) is 18.4 Å².